The van der Waals surface area contributed by atoms with Gasteiger partial charge < -0.3 is 15.8 Å². The Morgan fingerprint density at radius 3 is 2.44 bits per heavy atom. The minimum Gasteiger partial charge on any atom is -0.459 e. The highest BCUT2D eigenvalue weighted by Crippen LogP contribution is 2.29. The third kappa shape index (κ3) is 6.34. The monoisotopic (exact) mass is 547 g/mol. The molecule has 0 saturated carbocycles. The van der Waals surface area contributed by atoms with Gasteiger partial charge in [0.2, 0.25) is 0 Å². The van der Waals surface area contributed by atoms with Gasteiger partial charge in [-0.1, -0.05) is 66.7 Å². The van der Waals surface area contributed by atoms with E-state index in [0.29, 0.717) is 41.5 Å². The first-order valence-corrected chi connectivity index (χ1v) is 13.5. The minimum atomic E-state index is -1.28. The number of nitrogens with two attached hydrogens (primary N) is 1. The zero-order chi connectivity index (χ0) is 29.0. The van der Waals surface area contributed by atoms with Gasteiger partial charge in [0.25, 0.3) is 5.91 Å². The van der Waals surface area contributed by atoms with Crippen LogP contribution in [0.25, 0.3) is 11.1 Å². The highest BCUT2D eigenvalue weighted by molar-refractivity contribution is 5.96. The number of cyclic esters (lactones) is 1. The molecule has 0 aromatic heterocycles. The van der Waals surface area contributed by atoms with E-state index in [1.54, 1.807) is 31.2 Å². The molecular formula is C34H30FN3O3. The fourth-order valence-corrected chi connectivity index (χ4v) is 5.21. The Bertz CT molecular complexity index is 1640. The Morgan fingerprint density at radius 2 is 1.66 bits per heavy atom. The second-order valence-electron chi connectivity index (χ2n) is 10.7. The first kappa shape index (κ1) is 27.8. The van der Waals surface area contributed by atoms with Gasteiger partial charge in [0, 0.05) is 17.5 Å². The molecule has 0 spiro atoms. The molecule has 6 nitrogen and oxygen atoms in total. The van der Waals surface area contributed by atoms with Crippen molar-refractivity contribution in [1.29, 1.82) is 5.26 Å². The first-order valence-electron chi connectivity index (χ1n) is 13.5. The van der Waals surface area contributed by atoms with E-state index in [-0.39, 0.29) is 24.1 Å². The van der Waals surface area contributed by atoms with Gasteiger partial charge in [0.05, 0.1) is 11.6 Å². The number of nitriles is 1. The van der Waals surface area contributed by atoms with Crippen molar-refractivity contribution in [2.75, 3.05) is 0 Å². The van der Waals surface area contributed by atoms with Gasteiger partial charge in [0.1, 0.15) is 24.0 Å². The van der Waals surface area contributed by atoms with E-state index in [1.165, 1.54) is 12.1 Å². The van der Waals surface area contributed by atoms with Crippen LogP contribution in [0, 0.1) is 17.1 Å². The van der Waals surface area contributed by atoms with Crippen LogP contribution in [0.3, 0.4) is 0 Å². The van der Waals surface area contributed by atoms with Crippen molar-refractivity contribution in [3.63, 3.8) is 0 Å². The molecule has 1 heterocycles. The summed E-state index contributed by atoms with van der Waals surface area (Å²) in [6.45, 7) is 1.48. The molecular weight excluding hydrogens is 517 g/mol. The SMILES string of the molecule is CC1(N)Cc2cccc(c2)CCC(c2ccccc2)NC(=O)c2cc(cc(-c3cccc(F)c3C#N)c2)COC1=O. The molecule has 41 heavy (non-hydrogen) atoms. The largest absolute Gasteiger partial charge is 0.459 e. The van der Waals surface area contributed by atoms with Crippen molar-refractivity contribution in [3.05, 3.63) is 130 Å². The quantitative estimate of drug-likeness (QED) is 0.309. The number of halogens is 1. The summed E-state index contributed by atoms with van der Waals surface area (Å²) >= 11 is 0. The van der Waals surface area contributed by atoms with Crippen LogP contribution in [-0.2, 0) is 29.0 Å². The number of benzene rings is 4. The molecule has 4 aromatic carbocycles. The number of carbonyl (C=O) groups excluding carboxylic acids is 2. The molecule has 0 saturated heterocycles. The van der Waals surface area contributed by atoms with Crippen LogP contribution in [-0.4, -0.2) is 17.4 Å². The molecule has 5 rings (SSSR count). The average molecular weight is 548 g/mol. The van der Waals surface area contributed by atoms with Gasteiger partial charge in [-0.05, 0) is 71.8 Å². The van der Waals surface area contributed by atoms with Gasteiger partial charge in [0.15, 0.2) is 0 Å². The predicted octanol–water partition coefficient (Wildman–Crippen LogP) is 5.78. The minimum absolute atomic E-state index is 0.131. The lowest BCUT2D eigenvalue weighted by Crippen LogP contribution is -2.48. The fraction of sp³-hybridized carbons (Fsp3) is 0.206. The number of carbonyl (C=O) groups is 2. The van der Waals surface area contributed by atoms with Crippen molar-refractivity contribution < 1.29 is 18.7 Å². The van der Waals surface area contributed by atoms with Crippen LogP contribution in [0.2, 0.25) is 0 Å². The maximum absolute atomic E-state index is 14.5. The van der Waals surface area contributed by atoms with E-state index in [9.17, 15) is 19.2 Å². The van der Waals surface area contributed by atoms with Gasteiger partial charge in [-0.25, -0.2) is 4.39 Å². The molecule has 206 valence electrons. The highest BCUT2D eigenvalue weighted by Gasteiger charge is 2.31. The Hall–Kier alpha value is -4.80. The number of hydrogen-bond acceptors (Lipinski definition) is 5. The number of nitrogens with zero attached hydrogens (tertiary/aromatic N) is 1. The summed E-state index contributed by atoms with van der Waals surface area (Å²) in [5, 5.41) is 12.8. The zero-order valence-electron chi connectivity index (χ0n) is 22.7. The lowest BCUT2D eigenvalue weighted by molar-refractivity contribution is -0.150. The van der Waals surface area contributed by atoms with Crippen molar-refractivity contribution in [2.24, 2.45) is 5.73 Å². The molecule has 4 aromatic rings. The second kappa shape index (κ2) is 11.7. The molecule has 4 bridgehead atoms. The Kier molecular flexibility index (Phi) is 7.95. The van der Waals surface area contributed by atoms with Gasteiger partial charge in [-0.2, -0.15) is 5.26 Å². The van der Waals surface area contributed by atoms with Crippen LogP contribution in [0.5, 0.6) is 0 Å². The molecule has 1 amide bonds. The number of ether oxygens (including phenoxy) is 1. The molecule has 7 heteroatoms. The lowest BCUT2D eigenvalue weighted by atomic mass is 9.91. The van der Waals surface area contributed by atoms with Crippen LogP contribution in [0.4, 0.5) is 4.39 Å². The van der Waals surface area contributed by atoms with E-state index in [0.717, 1.165) is 16.7 Å². The maximum atomic E-state index is 14.5. The Labute approximate surface area is 238 Å². The number of nitrogens with one attached hydrogen (secondary N) is 1. The van der Waals surface area contributed by atoms with Gasteiger partial charge in [-0.3, -0.25) is 9.59 Å². The molecule has 1 aliphatic heterocycles. The molecule has 0 radical (unpaired) electrons. The zero-order valence-corrected chi connectivity index (χ0v) is 22.7. The molecule has 1 aliphatic rings. The smallest absolute Gasteiger partial charge is 0.326 e. The summed E-state index contributed by atoms with van der Waals surface area (Å²) in [4.78, 5) is 26.8. The lowest BCUT2D eigenvalue weighted by Gasteiger charge is -2.24. The third-order valence-electron chi connectivity index (χ3n) is 7.32. The summed E-state index contributed by atoms with van der Waals surface area (Å²) in [6, 6.07) is 28.6. The summed E-state index contributed by atoms with van der Waals surface area (Å²) in [5.41, 5.74) is 9.57. The molecule has 0 fully saturated rings. The number of hydrogen-bond donors (Lipinski definition) is 2. The normalized spacial score (nSPS) is 19.5. The molecule has 3 N–H and O–H groups in total. The van der Waals surface area contributed by atoms with Crippen molar-refractivity contribution in [2.45, 2.75) is 44.4 Å². The number of aryl methyl sites for hydroxylation is 1. The van der Waals surface area contributed by atoms with E-state index in [1.807, 2.05) is 60.7 Å². The molecule has 2 unspecified atom stereocenters. The van der Waals surface area contributed by atoms with E-state index < -0.39 is 17.3 Å². The van der Waals surface area contributed by atoms with Crippen molar-refractivity contribution in [3.8, 4) is 17.2 Å². The number of rotatable bonds is 2. The van der Waals surface area contributed by atoms with E-state index >= 15 is 0 Å². The Morgan fingerprint density at radius 1 is 0.927 bits per heavy atom. The number of fused-ring (bicyclic) bond motifs is 4. The number of amides is 1. The summed E-state index contributed by atoms with van der Waals surface area (Å²) in [5.74, 6) is -1.58. The van der Waals surface area contributed by atoms with Crippen LogP contribution in [0.1, 0.15) is 57.6 Å². The van der Waals surface area contributed by atoms with Crippen molar-refractivity contribution >= 4 is 11.9 Å². The summed E-state index contributed by atoms with van der Waals surface area (Å²) < 4.78 is 20.1. The molecule has 0 aliphatic carbocycles. The Balaban J connectivity index is 1.60. The van der Waals surface area contributed by atoms with Gasteiger partial charge >= 0.3 is 5.97 Å². The third-order valence-corrected chi connectivity index (χ3v) is 7.32. The van der Waals surface area contributed by atoms with E-state index in [4.69, 9.17) is 10.5 Å². The van der Waals surface area contributed by atoms with Crippen LogP contribution >= 0.6 is 0 Å². The first-order chi connectivity index (χ1) is 19.7. The van der Waals surface area contributed by atoms with Crippen LogP contribution < -0.4 is 11.1 Å². The predicted molar refractivity (Wildman–Crippen MR) is 154 cm³/mol. The topological polar surface area (TPSA) is 105 Å². The second-order valence-corrected chi connectivity index (χ2v) is 10.7. The standard InChI is InChI=1S/C34H30FN3O3/c1-34(37)19-23-8-5-7-22(15-23)13-14-31(25-9-3-2-4-10-25)38-32(39)27-17-24(21-41-33(34)40)16-26(18-27)28-11-6-12-30(35)29(28)20-36/h2-12,15-18,31H,13-14,19,21,37H2,1H3,(H,38,39). The molecule has 2 atom stereocenters. The maximum Gasteiger partial charge on any atom is 0.326 e. The fourth-order valence-electron chi connectivity index (χ4n) is 5.21. The van der Waals surface area contributed by atoms with Crippen molar-refractivity contribution in [1.82, 2.24) is 5.32 Å². The summed E-state index contributed by atoms with van der Waals surface area (Å²) in [6.07, 6.45) is 1.61. The van der Waals surface area contributed by atoms with Crippen LogP contribution in [0.15, 0.2) is 91.0 Å². The van der Waals surface area contributed by atoms with Gasteiger partial charge in [-0.15, -0.1) is 0 Å². The van der Waals surface area contributed by atoms with E-state index in [2.05, 4.69) is 5.32 Å². The number of esters is 1. The summed E-state index contributed by atoms with van der Waals surface area (Å²) in [7, 11) is 0. The highest BCUT2D eigenvalue weighted by atomic mass is 19.1. The average Bonchev–Trinajstić information content (AvgIpc) is 2.97.